The quantitative estimate of drug-likeness (QED) is 0.768. The van der Waals surface area contributed by atoms with E-state index in [9.17, 15) is 9.59 Å². The average molecular weight is 360 g/mol. The number of methoxy groups -OCH3 is 4. The molecule has 138 valence electrons. The third kappa shape index (κ3) is 4.35. The monoisotopic (exact) mass is 360 g/mol. The van der Waals surface area contributed by atoms with Crippen LogP contribution in [0.15, 0.2) is 36.4 Å². The van der Waals surface area contributed by atoms with Crippen LogP contribution in [-0.2, 0) is 9.59 Å². The van der Waals surface area contributed by atoms with Gasteiger partial charge in [-0.1, -0.05) is 0 Å². The zero-order valence-corrected chi connectivity index (χ0v) is 14.9. The maximum Gasteiger partial charge on any atom is 0.314 e. The summed E-state index contributed by atoms with van der Waals surface area (Å²) in [4.78, 5) is 24.4. The van der Waals surface area contributed by atoms with Gasteiger partial charge in [0, 0.05) is 12.1 Å². The van der Waals surface area contributed by atoms with Crippen LogP contribution in [0.3, 0.4) is 0 Å². The fourth-order valence-electron chi connectivity index (χ4n) is 2.17. The predicted molar refractivity (Wildman–Crippen MR) is 96.4 cm³/mol. The first-order valence-corrected chi connectivity index (χ1v) is 7.58. The van der Waals surface area contributed by atoms with Crippen LogP contribution < -0.4 is 29.6 Å². The van der Waals surface area contributed by atoms with Crippen LogP contribution in [-0.4, -0.2) is 40.3 Å². The number of hydrogen-bond donors (Lipinski definition) is 2. The molecule has 8 nitrogen and oxygen atoms in total. The maximum atomic E-state index is 12.2. The van der Waals surface area contributed by atoms with Gasteiger partial charge < -0.3 is 29.6 Å². The summed E-state index contributed by atoms with van der Waals surface area (Å²) in [5.74, 6) is 0.106. The predicted octanol–water partition coefficient (Wildman–Crippen LogP) is 2.30. The zero-order valence-electron chi connectivity index (χ0n) is 14.9. The van der Waals surface area contributed by atoms with E-state index in [4.69, 9.17) is 18.9 Å². The molecule has 2 aromatic carbocycles. The van der Waals surface area contributed by atoms with E-state index in [2.05, 4.69) is 10.6 Å². The van der Waals surface area contributed by atoms with Crippen LogP contribution in [0.1, 0.15) is 0 Å². The minimum Gasteiger partial charge on any atom is -0.497 e. The van der Waals surface area contributed by atoms with E-state index in [1.807, 2.05) is 0 Å². The molecule has 0 spiro atoms. The van der Waals surface area contributed by atoms with Crippen molar-refractivity contribution in [3.8, 4) is 23.0 Å². The Morgan fingerprint density at radius 2 is 1.19 bits per heavy atom. The second-order valence-electron chi connectivity index (χ2n) is 5.04. The number of carbonyl (C=O) groups is 2. The Labute approximate surface area is 151 Å². The third-order valence-electron chi connectivity index (χ3n) is 3.52. The molecule has 0 saturated carbocycles. The Balaban J connectivity index is 2.15. The molecule has 0 saturated heterocycles. The third-order valence-corrected chi connectivity index (χ3v) is 3.52. The van der Waals surface area contributed by atoms with Crippen LogP contribution in [0.5, 0.6) is 23.0 Å². The molecule has 2 aromatic rings. The van der Waals surface area contributed by atoms with Crippen LogP contribution in [0.25, 0.3) is 0 Å². The van der Waals surface area contributed by atoms with Crippen molar-refractivity contribution in [3.63, 3.8) is 0 Å². The van der Waals surface area contributed by atoms with E-state index in [0.717, 1.165) is 0 Å². The molecule has 0 unspecified atom stereocenters. The molecule has 0 aromatic heterocycles. The molecular weight excluding hydrogens is 340 g/mol. The normalized spacial score (nSPS) is 9.85. The first kappa shape index (κ1) is 18.9. The molecule has 0 bridgehead atoms. The van der Waals surface area contributed by atoms with Crippen molar-refractivity contribution >= 4 is 23.2 Å². The molecule has 0 aliphatic heterocycles. The number of nitrogens with one attached hydrogen (secondary N) is 2. The Bertz CT molecular complexity index is 806. The first-order valence-electron chi connectivity index (χ1n) is 7.58. The summed E-state index contributed by atoms with van der Waals surface area (Å²) in [6, 6.07) is 9.67. The Morgan fingerprint density at radius 3 is 1.77 bits per heavy atom. The van der Waals surface area contributed by atoms with Gasteiger partial charge in [-0.05, 0) is 24.3 Å². The van der Waals surface area contributed by atoms with Crippen LogP contribution >= 0.6 is 0 Å². The fourth-order valence-corrected chi connectivity index (χ4v) is 2.17. The van der Waals surface area contributed by atoms with Gasteiger partial charge in [0.25, 0.3) is 0 Å². The van der Waals surface area contributed by atoms with E-state index in [-0.39, 0.29) is 0 Å². The molecular formula is C18H20N2O6. The molecule has 2 amide bonds. The van der Waals surface area contributed by atoms with Gasteiger partial charge in [-0.15, -0.1) is 0 Å². The molecule has 0 heterocycles. The molecule has 2 N–H and O–H groups in total. The summed E-state index contributed by atoms with van der Waals surface area (Å²) >= 11 is 0. The topological polar surface area (TPSA) is 95.1 Å². The van der Waals surface area contributed by atoms with E-state index in [0.29, 0.717) is 34.4 Å². The largest absolute Gasteiger partial charge is 0.497 e. The van der Waals surface area contributed by atoms with Crippen LogP contribution in [0.4, 0.5) is 11.4 Å². The van der Waals surface area contributed by atoms with Crippen molar-refractivity contribution in [2.75, 3.05) is 39.1 Å². The first-order chi connectivity index (χ1) is 12.5. The smallest absolute Gasteiger partial charge is 0.314 e. The second-order valence-corrected chi connectivity index (χ2v) is 5.04. The van der Waals surface area contributed by atoms with Crippen LogP contribution in [0.2, 0.25) is 0 Å². The van der Waals surface area contributed by atoms with Gasteiger partial charge in [0.05, 0.1) is 39.8 Å². The van der Waals surface area contributed by atoms with Gasteiger partial charge in [-0.2, -0.15) is 0 Å². The molecule has 26 heavy (non-hydrogen) atoms. The van der Waals surface area contributed by atoms with Gasteiger partial charge >= 0.3 is 11.8 Å². The lowest BCUT2D eigenvalue weighted by molar-refractivity contribution is -0.133. The van der Waals surface area contributed by atoms with Crippen molar-refractivity contribution in [2.45, 2.75) is 0 Å². The number of rotatable bonds is 6. The Hall–Kier alpha value is -3.42. The number of benzene rings is 2. The SMILES string of the molecule is COc1ccc(OC)c(NC(=O)C(=O)Nc2ccc(OC)cc2OC)c1. The number of hydrogen-bond acceptors (Lipinski definition) is 6. The second kappa shape index (κ2) is 8.61. The van der Waals surface area contributed by atoms with Gasteiger partial charge in [0.2, 0.25) is 0 Å². The van der Waals surface area contributed by atoms with E-state index < -0.39 is 11.8 Å². The van der Waals surface area contributed by atoms with Crippen molar-refractivity contribution in [1.29, 1.82) is 0 Å². The van der Waals surface area contributed by atoms with E-state index in [1.165, 1.54) is 28.4 Å². The summed E-state index contributed by atoms with van der Waals surface area (Å²) in [5.41, 5.74) is 0.653. The van der Waals surface area contributed by atoms with E-state index in [1.54, 1.807) is 36.4 Å². The van der Waals surface area contributed by atoms with Crippen LogP contribution in [0, 0.1) is 0 Å². The van der Waals surface area contributed by atoms with E-state index >= 15 is 0 Å². The molecule has 0 atom stereocenters. The fraction of sp³-hybridized carbons (Fsp3) is 0.222. The lowest BCUT2D eigenvalue weighted by Crippen LogP contribution is -2.29. The molecule has 0 aliphatic rings. The highest BCUT2D eigenvalue weighted by Gasteiger charge is 2.18. The van der Waals surface area contributed by atoms with Gasteiger partial charge in [-0.3, -0.25) is 9.59 Å². The summed E-state index contributed by atoms with van der Waals surface area (Å²) in [7, 11) is 5.92. The maximum absolute atomic E-state index is 12.2. The molecule has 0 radical (unpaired) electrons. The Morgan fingerprint density at radius 1 is 0.654 bits per heavy atom. The summed E-state index contributed by atoms with van der Waals surface area (Å²) < 4.78 is 20.6. The number of ether oxygens (including phenoxy) is 4. The minimum atomic E-state index is -0.866. The summed E-state index contributed by atoms with van der Waals surface area (Å²) in [6.07, 6.45) is 0. The highest BCUT2D eigenvalue weighted by molar-refractivity contribution is 6.44. The zero-order chi connectivity index (χ0) is 19.1. The lowest BCUT2D eigenvalue weighted by Gasteiger charge is -2.13. The van der Waals surface area contributed by atoms with Crippen molar-refractivity contribution in [3.05, 3.63) is 36.4 Å². The number of amides is 2. The number of anilines is 2. The molecule has 0 fully saturated rings. The highest BCUT2D eigenvalue weighted by atomic mass is 16.5. The van der Waals surface area contributed by atoms with Gasteiger partial charge in [0.15, 0.2) is 0 Å². The minimum absolute atomic E-state index is 0.314. The van der Waals surface area contributed by atoms with Crippen molar-refractivity contribution in [1.82, 2.24) is 0 Å². The molecule has 8 heteroatoms. The lowest BCUT2D eigenvalue weighted by atomic mass is 10.2. The Kier molecular flexibility index (Phi) is 6.26. The molecule has 0 aliphatic carbocycles. The summed E-state index contributed by atoms with van der Waals surface area (Å²) in [5, 5.41) is 4.99. The van der Waals surface area contributed by atoms with Crippen molar-refractivity contribution in [2.24, 2.45) is 0 Å². The highest BCUT2D eigenvalue weighted by Crippen LogP contribution is 2.30. The number of carbonyl (C=O) groups excluding carboxylic acids is 2. The van der Waals surface area contributed by atoms with Gasteiger partial charge in [-0.25, -0.2) is 0 Å². The standard InChI is InChI=1S/C18H20N2O6/c1-23-11-6-8-15(25-3)14(9-11)20-18(22)17(21)19-13-7-5-12(24-2)10-16(13)26-4/h5-10H,1-4H3,(H,19,21)(H,20,22). The molecule has 2 rings (SSSR count). The summed E-state index contributed by atoms with van der Waals surface area (Å²) in [6.45, 7) is 0. The average Bonchev–Trinajstić information content (AvgIpc) is 2.67. The van der Waals surface area contributed by atoms with Crippen molar-refractivity contribution < 1.29 is 28.5 Å². The van der Waals surface area contributed by atoms with Gasteiger partial charge in [0.1, 0.15) is 23.0 Å².